The number of aromatic nitrogens is 1. The fourth-order valence-corrected chi connectivity index (χ4v) is 3.52. The van der Waals surface area contributed by atoms with Gasteiger partial charge in [0.15, 0.2) is 5.78 Å². The SMILES string of the molecule is O=C(c1ccccc1Br)c1c[nH]cc1-c1ccccc1C#Cc1ccccc1. The summed E-state index contributed by atoms with van der Waals surface area (Å²) in [6.45, 7) is 0. The highest BCUT2D eigenvalue weighted by Crippen LogP contribution is 2.30. The van der Waals surface area contributed by atoms with Crippen LogP contribution < -0.4 is 0 Å². The highest BCUT2D eigenvalue weighted by molar-refractivity contribution is 9.10. The molecule has 0 aliphatic heterocycles. The van der Waals surface area contributed by atoms with Crippen LogP contribution in [-0.2, 0) is 0 Å². The second-order valence-electron chi connectivity index (χ2n) is 6.25. The number of carbonyl (C=O) groups is 1. The van der Waals surface area contributed by atoms with Crippen molar-refractivity contribution >= 4 is 21.7 Å². The fourth-order valence-electron chi connectivity index (χ4n) is 3.05. The average molecular weight is 426 g/mol. The van der Waals surface area contributed by atoms with Gasteiger partial charge in [0.2, 0.25) is 0 Å². The summed E-state index contributed by atoms with van der Waals surface area (Å²) in [6, 6.07) is 25.2. The van der Waals surface area contributed by atoms with E-state index in [9.17, 15) is 4.79 Å². The van der Waals surface area contributed by atoms with Crippen molar-refractivity contribution in [1.82, 2.24) is 4.98 Å². The van der Waals surface area contributed by atoms with Crippen molar-refractivity contribution in [2.75, 3.05) is 0 Å². The number of benzene rings is 3. The van der Waals surface area contributed by atoms with Gasteiger partial charge in [0.1, 0.15) is 0 Å². The van der Waals surface area contributed by atoms with Crippen molar-refractivity contribution < 1.29 is 4.79 Å². The van der Waals surface area contributed by atoms with Crippen LogP contribution in [0.15, 0.2) is 95.7 Å². The number of aromatic amines is 1. The lowest BCUT2D eigenvalue weighted by Gasteiger charge is -2.07. The second-order valence-corrected chi connectivity index (χ2v) is 7.11. The Morgan fingerprint density at radius 3 is 2.25 bits per heavy atom. The van der Waals surface area contributed by atoms with Crippen LogP contribution in [0.3, 0.4) is 0 Å². The Labute approximate surface area is 172 Å². The van der Waals surface area contributed by atoms with Gasteiger partial charge in [0.25, 0.3) is 0 Å². The molecule has 3 aromatic carbocycles. The number of rotatable bonds is 3. The minimum absolute atomic E-state index is 0.0328. The van der Waals surface area contributed by atoms with E-state index < -0.39 is 0 Å². The third kappa shape index (κ3) is 3.69. The van der Waals surface area contributed by atoms with Crippen LogP contribution >= 0.6 is 15.9 Å². The first-order valence-electron chi connectivity index (χ1n) is 8.86. The van der Waals surface area contributed by atoms with Crippen LogP contribution in [0.5, 0.6) is 0 Å². The van der Waals surface area contributed by atoms with Crippen LogP contribution in [0, 0.1) is 11.8 Å². The molecule has 0 unspecified atom stereocenters. The summed E-state index contributed by atoms with van der Waals surface area (Å²) in [5, 5.41) is 0. The maximum Gasteiger partial charge on any atom is 0.196 e. The Morgan fingerprint density at radius 1 is 0.714 bits per heavy atom. The van der Waals surface area contributed by atoms with E-state index in [2.05, 4.69) is 32.8 Å². The zero-order chi connectivity index (χ0) is 19.3. The highest BCUT2D eigenvalue weighted by Gasteiger charge is 2.19. The number of carbonyl (C=O) groups excluding carboxylic acids is 1. The van der Waals surface area contributed by atoms with Gasteiger partial charge in [-0.1, -0.05) is 76.3 Å². The Kier molecular flexibility index (Phi) is 5.23. The lowest BCUT2D eigenvalue weighted by atomic mass is 9.95. The molecule has 1 N–H and O–H groups in total. The predicted molar refractivity (Wildman–Crippen MR) is 116 cm³/mol. The molecule has 0 bridgehead atoms. The molecule has 4 aromatic rings. The molecule has 0 radical (unpaired) electrons. The van der Waals surface area contributed by atoms with E-state index in [1.165, 1.54) is 0 Å². The fraction of sp³-hybridized carbons (Fsp3) is 0. The average Bonchev–Trinajstić information content (AvgIpc) is 3.23. The van der Waals surface area contributed by atoms with Crippen LogP contribution in [0.1, 0.15) is 27.0 Å². The zero-order valence-corrected chi connectivity index (χ0v) is 16.5. The number of hydrogen-bond acceptors (Lipinski definition) is 1. The third-order valence-corrected chi connectivity index (χ3v) is 5.13. The minimum Gasteiger partial charge on any atom is -0.366 e. The summed E-state index contributed by atoms with van der Waals surface area (Å²) in [4.78, 5) is 16.2. The molecular weight excluding hydrogens is 410 g/mol. The Hall–Kier alpha value is -3.35. The molecular formula is C25H16BrNO. The highest BCUT2D eigenvalue weighted by atomic mass is 79.9. The molecule has 0 aliphatic rings. The molecule has 1 aromatic heterocycles. The number of hydrogen-bond donors (Lipinski definition) is 1. The molecule has 0 spiro atoms. The van der Waals surface area contributed by atoms with E-state index in [-0.39, 0.29) is 5.78 Å². The second kappa shape index (κ2) is 8.12. The van der Waals surface area contributed by atoms with Crippen LogP contribution in [0.2, 0.25) is 0 Å². The van der Waals surface area contributed by atoms with Crippen molar-refractivity contribution in [3.63, 3.8) is 0 Å². The molecule has 0 saturated heterocycles. The lowest BCUT2D eigenvalue weighted by Crippen LogP contribution is -2.03. The molecule has 28 heavy (non-hydrogen) atoms. The van der Waals surface area contributed by atoms with Crippen molar-refractivity contribution in [1.29, 1.82) is 0 Å². The van der Waals surface area contributed by atoms with Gasteiger partial charge < -0.3 is 4.98 Å². The van der Waals surface area contributed by atoms with E-state index >= 15 is 0 Å². The summed E-state index contributed by atoms with van der Waals surface area (Å²) in [5.41, 5.74) is 4.88. The minimum atomic E-state index is -0.0328. The largest absolute Gasteiger partial charge is 0.366 e. The summed E-state index contributed by atoms with van der Waals surface area (Å²) in [6.07, 6.45) is 3.60. The van der Waals surface area contributed by atoms with E-state index in [1.54, 1.807) is 6.20 Å². The molecule has 2 nitrogen and oxygen atoms in total. The molecule has 1 heterocycles. The Bertz CT molecular complexity index is 1200. The monoisotopic (exact) mass is 425 g/mol. The summed E-state index contributed by atoms with van der Waals surface area (Å²) in [7, 11) is 0. The first kappa shape index (κ1) is 18.0. The van der Waals surface area contributed by atoms with Crippen molar-refractivity contribution in [2.24, 2.45) is 0 Å². The van der Waals surface area contributed by atoms with Gasteiger partial charge in [0, 0.05) is 44.7 Å². The van der Waals surface area contributed by atoms with Crippen molar-refractivity contribution in [2.45, 2.75) is 0 Å². The standard InChI is InChI=1S/C25H16BrNO/c26-24-13-7-6-12-21(24)25(28)23-17-27-16-22(23)20-11-5-4-10-19(20)15-14-18-8-2-1-3-9-18/h1-13,16-17,27H. The van der Waals surface area contributed by atoms with Gasteiger partial charge in [-0.2, -0.15) is 0 Å². The van der Waals surface area contributed by atoms with Crippen LogP contribution in [-0.4, -0.2) is 10.8 Å². The topological polar surface area (TPSA) is 32.9 Å². The molecule has 0 atom stereocenters. The Balaban J connectivity index is 1.77. The Morgan fingerprint density at radius 2 is 1.43 bits per heavy atom. The first-order chi connectivity index (χ1) is 13.7. The van der Waals surface area contributed by atoms with Crippen LogP contribution in [0.4, 0.5) is 0 Å². The summed E-state index contributed by atoms with van der Waals surface area (Å²) < 4.78 is 0.782. The van der Waals surface area contributed by atoms with Gasteiger partial charge in [0.05, 0.1) is 0 Å². The number of H-pyrrole nitrogens is 1. The van der Waals surface area contributed by atoms with E-state index in [0.717, 1.165) is 26.7 Å². The van der Waals surface area contributed by atoms with Gasteiger partial charge in [-0.15, -0.1) is 0 Å². The lowest BCUT2D eigenvalue weighted by molar-refractivity contribution is 0.103. The molecule has 0 fully saturated rings. The van der Waals surface area contributed by atoms with Crippen LogP contribution in [0.25, 0.3) is 11.1 Å². The molecule has 134 valence electrons. The third-order valence-electron chi connectivity index (χ3n) is 4.44. The quantitative estimate of drug-likeness (QED) is 0.313. The number of halogens is 1. The maximum absolute atomic E-state index is 13.1. The van der Waals surface area contributed by atoms with Crippen molar-refractivity contribution in [3.8, 4) is 23.0 Å². The maximum atomic E-state index is 13.1. The molecule has 0 saturated carbocycles. The van der Waals surface area contributed by atoms with Crippen molar-refractivity contribution in [3.05, 3.63) is 118 Å². The van der Waals surface area contributed by atoms with Gasteiger partial charge in [-0.3, -0.25) is 4.79 Å². The zero-order valence-electron chi connectivity index (χ0n) is 14.9. The summed E-state index contributed by atoms with van der Waals surface area (Å²) >= 11 is 3.48. The molecule has 0 amide bonds. The number of nitrogens with one attached hydrogen (secondary N) is 1. The molecule has 0 aliphatic carbocycles. The summed E-state index contributed by atoms with van der Waals surface area (Å²) in [5.74, 6) is 6.42. The van der Waals surface area contributed by atoms with Gasteiger partial charge >= 0.3 is 0 Å². The van der Waals surface area contributed by atoms with E-state index in [1.807, 2.05) is 85.1 Å². The van der Waals surface area contributed by atoms with E-state index in [4.69, 9.17) is 0 Å². The van der Waals surface area contributed by atoms with Gasteiger partial charge in [-0.25, -0.2) is 0 Å². The first-order valence-corrected chi connectivity index (χ1v) is 9.66. The number of ketones is 1. The van der Waals surface area contributed by atoms with Gasteiger partial charge in [-0.05, 0) is 35.9 Å². The van der Waals surface area contributed by atoms with E-state index in [0.29, 0.717) is 11.1 Å². The smallest absolute Gasteiger partial charge is 0.196 e. The molecule has 4 rings (SSSR count). The molecule has 3 heteroatoms. The predicted octanol–water partition coefficient (Wildman–Crippen LogP) is 6.08. The normalized spacial score (nSPS) is 10.2.